The largest absolute Gasteiger partial charge is 0.472 e. The number of carbonyl (C=O) groups excluding carboxylic acids is 2. The zero-order chi connectivity index (χ0) is 15.6. The van der Waals surface area contributed by atoms with E-state index in [0.717, 1.165) is 5.56 Å². The molecule has 0 radical (unpaired) electrons. The van der Waals surface area contributed by atoms with Crippen molar-refractivity contribution in [2.45, 2.75) is 58.7 Å². The molecule has 1 saturated heterocycles. The number of piperazine rings is 1. The summed E-state index contributed by atoms with van der Waals surface area (Å²) in [6.45, 7) is 8.21. The summed E-state index contributed by atoms with van der Waals surface area (Å²) in [5.41, 5.74) is 0.136. The summed E-state index contributed by atoms with van der Waals surface area (Å²) in [6.07, 6.45) is 4.40. The van der Waals surface area contributed by atoms with Gasteiger partial charge in [0.1, 0.15) is 11.6 Å². The molecule has 0 spiro atoms. The molecule has 5 nitrogen and oxygen atoms in total. The Bertz CT molecular complexity index is 504. The van der Waals surface area contributed by atoms with Gasteiger partial charge >= 0.3 is 0 Å². The summed E-state index contributed by atoms with van der Waals surface area (Å²) in [6, 6.07) is 1.40. The van der Waals surface area contributed by atoms with E-state index in [4.69, 9.17) is 4.42 Å². The van der Waals surface area contributed by atoms with Gasteiger partial charge in [0.2, 0.25) is 11.8 Å². The van der Waals surface area contributed by atoms with E-state index in [1.807, 2.05) is 33.8 Å². The van der Waals surface area contributed by atoms with Crippen LogP contribution >= 0.6 is 0 Å². The van der Waals surface area contributed by atoms with Crippen molar-refractivity contribution < 1.29 is 14.0 Å². The Morgan fingerprint density at radius 1 is 1.33 bits per heavy atom. The molecule has 0 bridgehead atoms. The fourth-order valence-corrected chi connectivity index (χ4v) is 3.05. The molecule has 1 atom stereocenters. The van der Waals surface area contributed by atoms with Gasteiger partial charge in [-0.3, -0.25) is 9.59 Å². The van der Waals surface area contributed by atoms with Crippen LogP contribution in [0.15, 0.2) is 23.0 Å². The predicted octanol–water partition coefficient (Wildman–Crippen LogP) is 2.32. The Labute approximate surface area is 125 Å². The fourth-order valence-electron chi connectivity index (χ4n) is 3.05. The van der Waals surface area contributed by atoms with Crippen molar-refractivity contribution >= 4 is 11.8 Å². The average Bonchev–Trinajstić information content (AvgIpc) is 2.95. The van der Waals surface area contributed by atoms with Crippen LogP contribution in [0.4, 0.5) is 0 Å². The highest BCUT2D eigenvalue weighted by molar-refractivity contribution is 5.99. The second-order valence-corrected chi connectivity index (χ2v) is 6.03. The molecule has 0 saturated carbocycles. The molecule has 2 rings (SSSR count). The third-order valence-electron chi connectivity index (χ3n) is 4.41. The van der Waals surface area contributed by atoms with Gasteiger partial charge in [-0.25, -0.2) is 0 Å². The van der Waals surface area contributed by atoms with Crippen molar-refractivity contribution in [2.75, 3.05) is 0 Å². The Hall–Kier alpha value is -1.78. The van der Waals surface area contributed by atoms with Gasteiger partial charge in [-0.05, 0) is 24.8 Å². The number of amides is 2. The van der Waals surface area contributed by atoms with Crippen molar-refractivity contribution in [1.82, 2.24) is 10.2 Å². The average molecular weight is 292 g/mol. The van der Waals surface area contributed by atoms with E-state index in [-0.39, 0.29) is 17.7 Å². The molecule has 0 aromatic carbocycles. The van der Waals surface area contributed by atoms with Crippen LogP contribution in [0.3, 0.4) is 0 Å². The monoisotopic (exact) mass is 292 g/mol. The maximum atomic E-state index is 13.0. The van der Waals surface area contributed by atoms with E-state index in [0.29, 0.717) is 19.4 Å². The van der Waals surface area contributed by atoms with Crippen LogP contribution in [0.1, 0.15) is 46.1 Å². The maximum Gasteiger partial charge on any atom is 0.249 e. The molecule has 1 unspecified atom stereocenters. The van der Waals surface area contributed by atoms with Crippen LogP contribution in [0.25, 0.3) is 0 Å². The van der Waals surface area contributed by atoms with Crippen LogP contribution < -0.4 is 5.32 Å². The minimum atomic E-state index is -0.772. The third kappa shape index (κ3) is 2.69. The van der Waals surface area contributed by atoms with Crippen LogP contribution in [0.2, 0.25) is 0 Å². The molecular weight excluding hydrogens is 268 g/mol. The molecule has 5 heteroatoms. The minimum absolute atomic E-state index is 0.00648. The highest BCUT2D eigenvalue weighted by atomic mass is 16.3. The fraction of sp³-hybridized carbons (Fsp3) is 0.625. The number of nitrogens with zero attached hydrogens (tertiary/aromatic N) is 1. The summed E-state index contributed by atoms with van der Waals surface area (Å²) in [7, 11) is 0. The van der Waals surface area contributed by atoms with Crippen molar-refractivity contribution in [3.8, 4) is 0 Å². The zero-order valence-electron chi connectivity index (χ0n) is 13.2. The Morgan fingerprint density at radius 2 is 2.00 bits per heavy atom. The Balaban J connectivity index is 2.37. The van der Waals surface area contributed by atoms with Gasteiger partial charge in [-0.1, -0.05) is 27.7 Å². The quantitative estimate of drug-likeness (QED) is 0.906. The highest BCUT2D eigenvalue weighted by Crippen LogP contribution is 2.29. The second-order valence-electron chi connectivity index (χ2n) is 6.03. The topological polar surface area (TPSA) is 62.6 Å². The van der Waals surface area contributed by atoms with Crippen molar-refractivity contribution in [1.29, 1.82) is 0 Å². The molecule has 1 aromatic rings. The number of hydrogen-bond donors (Lipinski definition) is 1. The maximum absolute atomic E-state index is 13.0. The lowest BCUT2D eigenvalue weighted by molar-refractivity contribution is -0.158. The molecule has 1 aromatic heterocycles. The smallest absolute Gasteiger partial charge is 0.249 e. The summed E-state index contributed by atoms with van der Waals surface area (Å²) in [4.78, 5) is 27.2. The molecule has 1 fully saturated rings. The van der Waals surface area contributed by atoms with Gasteiger partial charge < -0.3 is 14.6 Å². The third-order valence-corrected chi connectivity index (χ3v) is 4.41. The number of carbonyl (C=O) groups is 2. The van der Waals surface area contributed by atoms with Crippen LogP contribution in [0.5, 0.6) is 0 Å². The van der Waals surface area contributed by atoms with Gasteiger partial charge in [0, 0.05) is 12.1 Å². The first-order valence-electron chi connectivity index (χ1n) is 7.59. The second kappa shape index (κ2) is 5.92. The van der Waals surface area contributed by atoms with Gasteiger partial charge in [0.15, 0.2) is 0 Å². The molecule has 1 N–H and O–H groups in total. The van der Waals surface area contributed by atoms with Gasteiger partial charge in [-0.2, -0.15) is 0 Å². The number of nitrogens with one attached hydrogen (secondary N) is 1. The first-order chi connectivity index (χ1) is 9.95. The zero-order valence-corrected chi connectivity index (χ0v) is 13.2. The highest BCUT2D eigenvalue weighted by Gasteiger charge is 2.49. The van der Waals surface area contributed by atoms with E-state index < -0.39 is 11.6 Å². The summed E-state index contributed by atoms with van der Waals surface area (Å²) >= 11 is 0. The van der Waals surface area contributed by atoms with E-state index >= 15 is 0 Å². The van der Waals surface area contributed by atoms with Crippen molar-refractivity contribution in [3.05, 3.63) is 24.2 Å². The van der Waals surface area contributed by atoms with E-state index in [1.54, 1.807) is 17.4 Å². The molecule has 2 heterocycles. The molecule has 21 heavy (non-hydrogen) atoms. The number of furan rings is 1. The van der Waals surface area contributed by atoms with Crippen LogP contribution in [-0.4, -0.2) is 28.3 Å². The lowest BCUT2D eigenvalue weighted by Crippen LogP contribution is -2.70. The first kappa shape index (κ1) is 15.6. The Morgan fingerprint density at radius 3 is 2.48 bits per heavy atom. The number of rotatable bonds is 5. The molecule has 1 aliphatic heterocycles. The van der Waals surface area contributed by atoms with Gasteiger partial charge in [0.25, 0.3) is 0 Å². The molecular formula is C16H24N2O3. The first-order valence-corrected chi connectivity index (χ1v) is 7.59. The molecule has 0 aliphatic carbocycles. The van der Waals surface area contributed by atoms with Crippen molar-refractivity contribution in [3.63, 3.8) is 0 Å². The summed E-state index contributed by atoms with van der Waals surface area (Å²) in [5, 5.41) is 2.97. The van der Waals surface area contributed by atoms with E-state index in [9.17, 15) is 9.59 Å². The molecule has 116 valence electrons. The molecule has 2 amide bonds. The van der Waals surface area contributed by atoms with Crippen molar-refractivity contribution in [2.24, 2.45) is 5.92 Å². The normalized spacial score (nSPS) is 21.8. The summed E-state index contributed by atoms with van der Waals surface area (Å²) in [5.74, 6) is 0.0105. The Kier molecular flexibility index (Phi) is 4.40. The van der Waals surface area contributed by atoms with E-state index in [1.165, 1.54) is 0 Å². The lowest BCUT2D eigenvalue weighted by atomic mass is 9.84. The predicted molar refractivity (Wildman–Crippen MR) is 79.3 cm³/mol. The summed E-state index contributed by atoms with van der Waals surface area (Å²) < 4.78 is 5.08. The van der Waals surface area contributed by atoms with E-state index in [2.05, 4.69) is 5.32 Å². The standard InChI is InChI=1S/C16H24N2O3/c1-5-16(6-2)15(20)18(9-12-7-8-21-10-12)13(11(3)4)14(19)17-16/h7-8,10-11,13H,5-6,9H2,1-4H3,(H,17,19). The van der Waals surface area contributed by atoms with Gasteiger partial charge in [0.05, 0.1) is 12.5 Å². The van der Waals surface area contributed by atoms with Crippen LogP contribution in [-0.2, 0) is 16.1 Å². The van der Waals surface area contributed by atoms with Crippen LogP contribution in [0, 0.1) is 5.92 Å². The number of hydrogen-bond acceptors (Lipinski definition) is 3. The minimum Gasteiger partial charge on any atom is -0.472 e. The molecule has 1 aliphatic rings. The SMILES string of the molecule is CCC1(CC)NC(=O)C(C(C)C)N(Cc2ccoc2)C1=O. The van der Waals surface area contributed by atoms with Gasteiger partial charge in [-0.15, -0.1) is 0 Å². The lowest BCUT2D eigenvalue weighted by Gasteiger charge is -2.46.